The number of aliphatic hydroxyl groups excluding tert-OH is 1. The maximum Gasteiger partial charge on any atom is 0.172 e. The monoisotopic (exact) mass is 272 g/mol. The Hall–Kier alpha value is -1.07. The van der Waals surface area contributed by atoms with E-state index in [0.29, 0.717) is 46.6 Å². The fraction of sp³-hybridized carbons (Fsp3) is 0.300. The van der Waals surface area contributed by atoms with E-state index in [9.17, 15) is 9.90 Å². The zero-order valence-corrected chi connectivity index (χ0v) is 9.41. The van der Waals surface area contributed by atoms with Gasteiger partial charge in [0.15, 0.2) is 17.8 Å². The maximum atomic E-state index is 10.8. The molecule has 80 valence electrons. The fourth-order valence-electron chi connectivity index (χ4n) is 1.49. The van der Waals surface area contributed by atoms with Gasteiger partial charge >= 0.3 is 0 Å². The van der Waals surface area contributed by atoms with Crippen molar-refractivity contribution in [2.45, 2.75) is 6.61 Å². The molecule has 0 bridgehead atoms. The number of aliphatic hydroxyl groups is 1. The Morgan fingerprint density at radius 1 is 1.40 bits per heavy atom. The molecule has 0 atom stereocenters. The topological polar surface area (TPSA) is 55.8 Å². The number of hydrogen-bond acceptors (Lipinski definition) is 4. The molecule has 1 aliphatic rings. The Morgan fingerprint density at radius 2 is 2.07 bits per heavy atom. The third-order valence-electron chi connectivity index (χ3n) is 2.17. The van der Waals surface area contributed by atoms with Gasteiger partial charge in [0.05, 0.1) is 12.2 Å². The van der Waals surface area contributed by atoms with Crippen LogP contribution in [-0.4, -0.2) is 24.6 Å². The molecular weight excluding hydrogens is 264 g/mol. The molecule has 4 nitrogen and oxygen atoms in total. The van der Waals surface area contributed by atoms with Crippen molar-refractivity contribution in [3.63, 3.8) is 0 Å². The molecule has 15 heavy (non-hydrogen) atoms. The van der Waals surface area contributed by atoms with E-state index >= 15 is 0 Å². The van der Waals surface area contributed by atoms with Crippen molar-refractivity contribution in [1.29, 1.82) is 0 Å². The van der Waals surface area contributed by atoms with Crippen LogP contribution in [0, 0.1) is 0 Å². The first-order valence-corrected chi connectivity index (χ1v) is 5.24. The molecule has 0 fully saturated rings. The number of benzene rings is 1. The molecule has 0 aliphatic carbocycles. The molecule has 1 heterocycles. The van der Waals surface area contributed by atoms with Crippen molar-refractivity contribution < 1.29 is 19.4 Å². The summed E-state index contributed by atoms with van der Waals surface area (Å²) in [6, 6.07) is 1.62. The van der Waals surface area contributed by atoms with Gasteiger partial charge in [-0.05, 0) is 6.07 Å². The number of fused-ring (bicyclic) bond motifs is 1. The van der Waals surface area contributed by atoms with E-state index in [2.05, 4.69) is 15.9 Å². The first kappa shape index (κ1) is 10.4. The van der Waals surface area contributed by atoms with E-state index in [1.807, 2.05) is 0 Å². The summed E-state index contributed by atoms with van der Waals surface area (Å²) in [4.78, 5) is 10.8. The van der Waals surface area contributed by atoms with E-state index < -0.39 is 0 Å². The number of halogens is 1. The molecule has 0 radical (unpaired) electrons. The molecule has 0 saturated heterocycles. The van der Waals surface area contributed by atoms with Crippen LogP contribution >= 0.6 is 15.9 Å². The molecule has 5 heteroatoms. The summed E-state index contributed by atoms with van der Waals surface area (Å²) in [6.07, 6.45) is 0.708. The summed E-state index contributed by atoms with van der Waals surface area (Å²) in [6.45, 7) is 0.681. The minimum Gasteiger partial charge on any atom is -0.486 e. The minimum absolute atomic E-state index is 0.161. The highest BCUT2D eigenvalue weighted by Crippen LogP contribution is 2.40. The zero-order chi connectivity index (χ0) is 10.8. The van der Waals surface area contributed by atoms with Crippen LogP contribution in [0.15, 0.2) is 10.5 Å². The van der Waals surface area contributed by atoms with Crippen LogP contribution in [0.2, 0.25) is 0 Å². The quantitative estimate of drug-likeness (QED) is 0.830. The highest BCUT2D eigenvalue weighted by Gasteiger charge is 2.22. The van der Waals surface area contributed by atoms with Gasteiger partial charge in [0.25, 0.3) is 0 Å². The predicted molar refractivity (Wildman–Crippen MR) is 56.4 cm³/mol. The predicted octanol–water partition coefficient (Wildman–Crippen LogP) is 1.53. The Balaban J connectivity index is 2.65. The number of carbonyl (C=O) groups excluding carboxylic acids is 1. The number of aldehydes is 1. The summed E-state index contributed by atoms with van der Waals surface area (Å²) in [5.74, 6) is 0.878. The fourth-order valence-corrected chi connectivity index (χ4v) is 2.04. The second-order valence-corrected chi connectivity index (χ2v) is 3.91. The van der Waals surface area contributed by atoms with E-state index in [0.717, 1.165) is 0 Å². The molecule has 1 aromatic rings. The second kappa shape index (κ2) is 4.20. The Labute approximate surface area is 94.9 Å². The Kier molecular flexibility index (Phi) is 2.93. The van der Waals surface area contributed by atoms with Gasteiger partial charge in [0, 0.05) is 10.0 Å². The van der Waals surface area contributed by atoms with Gasteiger partial charge < -0.3 is 14.6 Å². The van der Waals surface area contributed by atoms with Crippen molar-refractivity contribution in [2.24, 2.45) is 0 Å². The molecule has 1 aliphatic heterocycles. The smallest absolute Gasteiger partial charge is 0.172 e. The molecule has 0 amide bonds. The van der Waals surface area contributed by atoms with Crippen molar-refractivity contribution >= 4 is 22.2 Å². The van der Waals surface area contributed by atoms with E-state index in [4.69, 9.17) is 9.47 Å². The van der Waals surface area contributed by atoms with Gasteiger partial charge in [-0.15, -0.1) is 0 Å². The molecule has 1 N–H and O–H groups in total. The lowest BCUT2D eigenvalue weighted by atomic mass is 10.1. The first-order valence-electron chi connectivity index (χ1n) is 4.45. The van der Waals surface area contributed by atoms with Crippen LogP contribution in [0.5, 0.6) is 11.5 Å². The molecule has 2 rings (SSSR count). The van der Waals surface area contributed by atoms with E-state index in [1.54, 1.807) is 6.07 Å². The average Bonchev–Trinajstić information content (AvgIpc) is 2.28. The lowest BCUT2D eigenvalue weighted by Gasteiger charge is -2.22. The van der Waals surface area contributed by atoms with Gasteiger partial charge in [0.1, 0.15) is 13.2 Å². The number of ether oxygens (including phenoxy) is 2. The lowest BCUT2D eigenvalue weighted by Crippen LogP contribution is -2.18. The second-order valence-electron chi connectivity index (χ2n) is 3.06. The van der Waals surface area contributed by atoms with Gasteiger partial charge in [0.2, 0.25) is 0 Å². The summed E-state index contributed by atoms with van der Waals surface area (Å²) < 4.78 is 11.4. The summed E-state index contributed by atoms with van der Waals surface area (Å²) in [5.41, 5.74) is 1.03. The first-order chi connectivity index (χ1) is 7.27. The molecular formula is C10H9BrO4. The summed E-state index contributed by atoms with van der Waals surface area (Å²) in [7, 11) is 0. The van der Waals surface area contributed by atoms with Crippen LogP contribution in [0.3, 0.4) is 0 Å². The third-order valence-corrected chi connectivity index (χ3v) is 2.88. The summed E-state index contributed by atoms with van der Waals surface area (Å²) in [5, 5.41) is 9.18. The highest BCUT2D eigenvalue weighted by atomic mass is 79.9. The van der Waals surface area contributed by atoms with Crippen molar-refractivity contribution in [3.05, 3.63) is 21.7 Å². The number of rotatable bonds is 2. The number of hydrogen-bond donors (Lipinski definition) is 1. The van der Waals surface area contributed by atoms with Crippen molar-refractivity contribution in [1.82, 2.24) is 0 Å². The van der Waals surface area contributed by atoms with Gasteiger partial charge in [-0.25, -0.2) is 0 Å². The van der Waals surface area contributed by atoms with Crippen LogP contribution in [0.1, 0.15) is 15.9 Å². The largest absolute Gasteiger partial charge is 0.486 e. The molecule has 1 aromatic carbocycles. The van der Waals surface area contributed by atoms with Crippen LogP contribution < -0.4 is 9.47 Å². The van der Waals surface area contributed by atoms with Gasteiger partial charge in [-0.1, -0.05) is 15.9 Å². The minimum atomic E-state index is -0.161. The highest BCUT2D eigenvalue weighted by molar-refractivity contribution is 9.10. The third kappa shape index (κ3) is 1.72. The molecule has 0 unspecified atom stereocenters. The van der Waals surface area contributed by atoms with E-state index in [-0.39, 0.29) is 6.61 Å². The van der Waals surface area contributed by atoms with Gasteiger partial charge in [-0.3, -0.25) is 4.79 Å². The lowest BCUT2D eigenvalue weighted by molar-refractivity contribution is 0.111. The average molecular weight is 273 g/mol. The Morgan fingerprint density at radius 3 is 2.67 bits per heavy atom. The van der Waals surface area contributed by atoms with Crippen LogP contribution in [0.4, 0.5) is 0 Å². The van der Waals surface area contributed by atoms with Crippen LogP contribution in [-0.2, 0) is 6.61 Å². The molecule has 0 aromatic heterocycles. The normalized spacial score (nSPS) is 13.7. The maximum absolute atomic E-state index is 10.8. The van der Waals surface area contributed by atoms with Crippen LogP contribution in [0.25, 0.3) is 0 Å². The Bertz CT molecular complexity index is 403. The molecule has 0 saturated carbocycles. The van der Waals surface area contributed by atoms with Crippen molar-refractivity contribution in [3.8, 4) is 11.5 Å². The number of carbonyl (C=O) groups is 1. The summed E-state index contributed by atoms with van der Waals surface area (Å²) >= 11 is 3.27. The van der Waals surface area contributed by atoms with Crippen molar-refractivity contribution in [2.75, 3.05) is 13.2 Å². The standard InChI is InChI=1S/C10H9BrO4/c11-8-3-6(4-12)9-10(7(8)5-13)15-2-1-14-9/h3-4,13H,1-2,5H2. The SMILES string of the molecule is O=Cc1cc(Br)c(CO)c2c1OCCO2. The van der Waals surface area contributed by atoms with Gasteiger partial charge in [-0.2, -0.15) is 0 Å². The zero-order valence-electron chi connectivity index (χ0n) is 7.83. The molecule has 0 spiro atoms. The van der Waals surface area contributed by atoms with E-state index in [1.165, 1.54) is 0 Å².